The molecule has 0 spiro atoms. The molecule has 0 radical (unpaired) electrons. The highest BCUT2D eigenvalue weighted by atomic mass is 16.5. The Balaban J connectivity index is 2.97. The second-order valence-corrected chi connectivity index (χ2v) is 4.41. The second-order valence-electron chi connectivity index (χ2n) is 4.41. The van der Waals surface area contributed by atoms with Crippen LogP contribution in [-0.4, -0.2) is 19.6 Å². The van der Waals surface area contributed by atoms with E-state index in [-0.39, 0.29) is 5.91 Å². The molecule has 0 aliphatic heterocycles. The van der Waals surface area contributed by atoms with Crippen molar-refractivity contribution in [1.29, 1.82) is 0 Å². The van der Waals surface area contributed by atoms with Crippen LogP contribution >= 0.6 is 0 Å². The van der Waals surface area contributed by atoms with Gasteiger partial charge in [0.1, 0.15) is 5.75 Å². The van der Waals surface area contributed by atoms with Crippen LogP contribution in [0.25, 0.3) is 0 Å². The molecule has 0 saturated carbocycles. The van der Waals surface area contributed by atoms with Crippen molar-refractivity contribution in [2.75, 3.05) is 13.7 Å². The Morgan fingerprint density at radius 3 is 2.61 bits per heavy atom. The maximum atomic E-state index is 11.7. The van der Waals surface area contributed by atoms with Crippen LogP contribution in [0.15, 0.2) is 18.7 Å². The molecule has 0 aliphatic carbocycles. The molecule has 0 aromatic heterocycles. The fraction of sp³-hybridized carbons (Fsp3) is 0.400. The number of amides is 1. The minimum atomic E-state index is 0.0157. The molecular weight excluding hydrogens is 226 g/mol. The Hall–Kier alpha value is -1.77. The van der Waals surface area contributed by atoms with Crippen molar-refractivity contribution >= 4 is 5.91 Å². The third-order valence-corrected chi connectivity index (χ3v) is 3.13. The van der Waals surface area contributed by atoms with Crippen LogP contribution in [0.1, 0.15) is 22.3 Å². The van der Waals surface area contributed by atoms with E-state index in [1.165, 1.54) is 0 Å². The molecule has 18 heavy (non-hydrogen) atoms. The highest BCUT2D eigenvalue weighted by molar-refractivity contribution is 5.79. The first kappa shape index (κ1) is 14.3. The molecule has 0 aliphatic rings. The number of methoxy groups -OCH3 is 1. The molecule has 0 saturated heterocycles. The molecular formula is C15H21NO2. The number of aryl methyl sites for hydroxylation is 1. The normalized spacial score (nSPS) is 10.0. The number of carbonyl (C=O) groups excluding carboxylic acids is 1. The maximum Gasteiger partial charge on any atom is 0.224 e. The highest BCUT2D eigenvalue weighted by Crippen LogP contribution is 2.28. The summed E-state index contributed by atoms with van der Waals surface area (Å²) in [6.45, 7) is 10.1. The van der Waals surface area contributed by atoms with E-state index < -0.39 is 0 Å². The van der Waals surface area contributed by atoms with Crippen LogP contribution in [0, 0.1) is 20.8 Å². The van der Waals surface area contributed by atoms with Gasteiger partial charge in [-0.2, -0.15) is 0 Å². The molecule has 98 valence electrons. The van der Waals surface area contributed by atoms with Gasteiger partial charge in [0.25, 0.3) is 0 Å². The maximum absolute atomic E-state index is 11.7. The van der Waals surface area contributed by atoms with E-state index in [0.717, 1.165) is 28.0 Å². The van der Waals surface area contributed by atoms with Crippen molar-refractivity contribution in [2.24, 2.45) is 0 Å². The van der Waals surface area contributed by atoms with E-state index in [1.807, 2.05) is 26.8 Å². The van der Waals surface area contributed by atoms with Crippen molar-refractivity contribution in [3.8, 4) is 5.75 Å². The molecule has 1 aromatic rings. The first-order valence-corrected chi connectivity index (χ1v) is 6.02. The van der Waals surface area contributed by atoms with Crippen molar-refractivity contribution in [3.05, 3.63) is 41.0 Å². The second kappa shape index (κ2) is 6.24. The molecule has 0 bridgehead atoms. The van der Waals surface area contributed by atoms with Gasteiger partial charge in [-0.3, -0.25) is 4.79 Å². The minimum Gasteiger partial charge on any atom is -0.496 e. The van der Waals surface area contributed by atoms with Gasteiger partial charge in [-0.15, -0.1) is 6.58 Å². The van der Waals surface area contributed by atoms with Crippen molar-refractivity contribution in [1.82, 2.24) is 5.32 Å². The smallest absolute Gasteiger partial charge is 0.224 e. The Bertz CT molecular complexity index is 464. The quantitative estimate of drug-likeness (QED) is 0.812. The number of benzene rings is 1. The predicted molar refractivity (Wildman–Crippen MR) is 74.1 cm³/mol. The monoisotopic (exact) mass is 247 g/mol. The number of hydrogen-bond acceptors (Lipinski definition) is 2. The van der Waals surface area contributed by atoms with Gasteiger partial charge in [-0.25, -0.2) is 0 Å². The van der Waals surface area contributed by atoms with Crippen LogP contribution in [0.2, 0.25) is 0 Å². The van der Waals surface area contributed by atoms with E-state index in [2.05, 4.69) is 11.9 Å². The summed E-state index contributed by atoms with van der Waals surface area (Å²) < 4.78 is 5.37. The summed E-state index contributed by atoms with van der Waals surface area (Å²) in [7, 11) is 1.67. The van der Waals surface area contributed by atoms with Gasteiger partial charge >= 0.3 is 0 Å². The molecule has 3 nitrogen and oxygen atoms in total. The van der Waals surface area contributed by atoms with E-state index in [0.29, 0.717) is 13.0 Å². The van der Waals surface area contributed by atoms with Crippen LogP contribution < -0.4 is 10.1 Å². The Labute approximate surface area is 109 Å². The summed E-state index contributed by atoms with van der Waals surface area (Å²) in [6, 6.07) is 2.02. The number of hydrogen-bond donors (Lipinski definition) is 1. The summed E-state index contributed by atoms with van der Waals surface area (Å²) in [5.74, 6) is 0.921. The van der Waals surface area contributed by atoms with E-state index >= 15 is 0 Å². The Kier molecular flexibility index (Phi) is 4.95. The van der Waals surface area contributed by atoms with Crippen molar-refractivity contribution < 1.29 is 9.53 Å². The fourth-order valence-corrected chi connectivity index (χ4v) is 2.06. The molecule has 0 atom stereocenters. The van der Waals surface area contributed by atoms with Gasteiger partial charge in [0.2, 0.25) is 5.91 Å². The van der Waals surface area contributed by atoms with E-state index in [1.54, 1.807) is 13.2 Å². The number of nitrogens with one attached hydrogen (secondary N) is 1. The highest BCUT2D eigenvalue weighted by Gasteiger charge is 2.12. The van der Waals surface area contributed by atoms with E-state index in [4.69, 9.17) is 4.74 Å². The number of rotatable bonds is 5. The van der Waals surface area contributed by atoms with Crippen LogP contribution in [0.4, 0.5) is 0 Å². The zero-order valence-electron chi connectivity index (χ0n) is 11.6. The first-order valence-electron chi connectivity index (χ1n) is 6.02. The van der Waals surface area contributed by atoms with Crippen LogP contribution in [0.5, 0.6) is 5.75 Å². The van der Waals surface area contributed by atoms with Gasteiger partial charge in [-0.1, -0.05) is 12.1 Å². The summed E-state index contributed by atoms with van der Waals surface area (Å²) in [6.07, 6.45) is 2.07. The standard InChI is InChI=1S/C15H21NO2/c1-6-7-16-14(17)9-13-8-10(2)15(18-5)12(4)11(13)3/h6,8H,1,7,9H2,2-5H3,(H,16,17). The molecule has 1 N–H and O–H groups in total. The van der Waals surface area contributed by atoms with Crippen molar-refractivity contribution in [3.63, 3.8) is 0 Å². The topological polar surface area (TPSA) is 38.3 Å². The SMILES string of the molecule is C=CCNC(=O)Cc1cc(C)c(OC)c(C)c1C. The van der Waals surface area contributed by atoms with Gasteiger partial charge in [0.15, 0.2) is 0 Å². The van der Waals surface area contributed by atoms with Gasteiger partial charge < -0.3 is 10.1 Å². The van der Waals surface area contributed by atoms with Crippen molar-refractivity contribution in [2.45, 2.75) is 27.2 Å². The third-order valence-electron chi connectivity index (χ3n) is 3.13. The van der Waals surface area contributed by atoms with E-state index in [9.17, 15) is 4.79 Å². The summed E-state index contributed by atoms with van der Waals surface area (Å²) in [5, 5.41) is 2.79. The molecule has 1 aromatic carbocycles. The summed E-state index contributed by atoms with van der Waals surface area (Å²) in [4.78, 5) is 11.7. The zero-order chi connectivity index (χ0) is 13.7. The lowest BCUT2D eigenvalue weighted by Crippen LogP contribution is -2.25. The predicted octanol–water partition coefficient (Wildman–Crippen LogP) is 2.47. The number of ether oxygens (including phenoxy) is 1. The Morgan fingerprint density at radius 2 is 2.06 bits per heavy atom. The summed E-state index contributed by atoms with van der Waals surface area (Å²) >= 11 is 0. The third kappa shape index (κ3) is 3.13. The lowest BCUT2D eigenvalue weighted by atomic mass is 9.96. The summed E-state index contributed by atoms with van der Waals surface area (Å²) in [5.41, 5.74) is 4.33. The van der Waals surface area contributed by atoms with Gasteiger partial charge in [0.05, 0.1) is 13.5 Å². The van der Waals surface area contributed by atoms with Gasteiger partial charge in [0, 0.05) is 6.54 Å². The lowest BCUT2D eigenvalue weighted by Gasteiger charge is -2.15. The number of carbonyl (C=O) groups is 1. The molecule has 1 amide bonds. The minimum absolute atomic E-state index is 0.0157. The molecule has 0 unspecified atom stereocenters. The molecule has 0 fully saturated rings. The van der Waals surface area contributed by atoms with Crippen LogP contribution in [-0.2, 0) is 11.2 Å². The largest absolute Gasteiger partial charge is 0.496 e. The fourth-order valence-electron chi connectivity index (χ4n) is 2.06. The zero-order valence-corrected chi connectivity index (χ0v) is 11.6. The average molecular weight is 247 g/mol. The van der Waals surface area contributed by atoms with Crippen LogP contribution in [0.3, 0.4) is 0 Å². The Morgan fingerprint density at radius 1 is 1.39 bits per heavy atom. The lowest BCUT2D eigenvalue weighted by molar-refractivity contribution is -0.120. The van der Waals surface area contributed by atoms with Gasteiger partial charge in [-0.05, 0) is 43.0 Å². The average Bonchev–Trinajstić information content (AvgIpc) is 2.33. The molecule has 3 heteroatoms. The first-order chi connectivity index (χ1) is 8.51. The molecule has 1 rings (SSSR count). The molecule has 0 heterocycles.